The summed E-state index contributed by atoms with van der Waals surface area (Å²) >= 11 is 0. The lowest BCUT2D eigenvalue weighted by Gasteiger charge is -2.13. The maximum atomic E-state index is 8.59. The summed E-state index contributed by atoms with van der Waals surface area (Å²) in [5, 5.41) is 12.1. The highest BCUT2D eigenvalue weighted by Gasteiger charge is 2.20. The fourth-order valence-electron chi connectivity index (χ4n) is 1.75. The van der Waals surface area contributed by atoms with Crippen molar-refractivity contribution in [2.75, 3.05) is 13.2 Å². The minimum absolute atomic E-state index is 0.460. The van der Waals surface area contributed by atoms with E-state index in [9.17, 15) is 0 Å². The molecule has 1 unspecified atom stereocenters. The van der Waals surface area contributed by atoms with Crippen molar-refractivity contribution in [3.8, 4) is 11.8 Å². The van der Waals surface area contributed by atoms with Gasteiger partial charge in [0.25, 0.3) is 0 Å². The molecule has 1 aliphatic rings. The Morgan fingerprint density at radius 3 is 2.72 bits per heavy atom. The molecule has 2 rings (SSSR count). The number of ether oxygens (including phenoxy) is 1. The first-order valence-electron chi connectivity index (χ1n) is 6.60. The Labute approximate surface area is 109 Å². The van der Waals surface area contributed by atoms with E-state index in [1.165, 1.54) is 12.8 Å². The molecule has 18 heavy (non-hydrogen) atoms. The van der Waals surface area contributed by atoms with Crippen molar-refractivity contribution in [1.29, 1.82) is 5.26 Å². The third-order valence-corrected chi connectivity index (χ3v) is 3.07. The zero-order valence-electron chi connectivity index (χ0n) is 10.9. The fraction of sp³-hybridized carbons (Fsp3) is 0.533. The van der Waals surface area contributed by atoms with Crippen LogP contribution in [0.4, 0.5) is 0 Å². The number of hydrogen-bond acceptors (Lipinski definition) is 3. The average Bonchev–Trinajstić information content (AvgIpc) is 3.20. The number of nitrogens with zero attached hydrogens (tertiary/aromatic N) is 1. The molecule has 1 saturated carbocycles. The Morgan fingerprint density at radius 2 is 2.11 bits per heavy atom. The standard InChI is InChI=1S/C15H20N2O/c1-12(10-17-14-4-5-14)11-18-15-6-2-13(3-7-15)8-9-16/h2-3,6-7,12,14,17H,4-5,8,10-11H2,1H3. The summed E-state index contributed by atoms with van der Waals surface area (Å²) in [7, 11) is 0. The van der Waals surface area contributed by atoms with E-state index in [0.717, 1.165) is 30.5 Å². The zero-order chi connectivity index (χ0) is 12.8. The molecule has 0 amide bonds. The summed E-state index contributed by atoms with van der Waals surface area (Å²) in [5.41, 5.74) is 1.04. The van der Waals surface area contributed by atoms with Gasteiger partial charge in [-0.05, 0) is 30.5 Å². The topological polar surface area (TPSA) is 45.0 Å². The summed E-state index contributed by atoms with van der Waals surface area (Å²) in [6, 6.07) is 10.7. The van der Waals surface area contributed by atoms with E-state index in [2.05, 4.69) is 18.3 Å². The lowest BCUT2D eigenvalue weighted by molar-refractivity contribution is 0.255. The van der Waals surface area contributed by atoms with Crippen LogP contribution in [0.2, 0.25) is 0 Å². The normalized spacial score (nSPS) is 16.0. The van der Waals surface area contributed by atoms with Crippen LogP contribution >= 0.6 is 0 Å². The van der Waals surface area contributed by atoms with Crippen LogP contribution in [-0.2, 0) is 6.42 Å². The molecule has 0 bridgehead atoms. The predicted octanol–water partition coefficient (Wildman–Crippen LogP) is 2.52. The van der Waals surface area contributed by atoms with E-state index < -0.39 is 0 Å². The first kappa shape index (κ1) is 12.9. The second-order valence-electron chi connectivity index (χ2n) is 5.08. The molecular formula is C15H20N2O. The van der Waals surface area contributed by atoms with Gasteiger partial charge >= 0.3 is 0 Å². The van der Waals surface area contributed by atoms with Gasteiger partial charge in [-0.3, -0.25) is 0 Å². The first-order chi connectivity index (χ1) is 8.78. The van der Waals surface area contributed by atoms with Crippen molar-refractivity contribution >= 4 is 0 Å². The van der Waals surface area contributed by atoms with Gasteiger partial charge in [0.1, 0.15) is 5.75 Å². The van der Waals surface area contributed by atoms with E-state index in [4.69, 9.17) is 10.00 Å². The monoisotopic (exact) mass is 244 g/mol. The molecule has 0 spiro atoms. The quantitative estimate of drug-likeness (QED) is 0.801. The third-order valence-electron chi connectivity index (χ3n) is 3.07. The molecule has 0 radical (unpaired) electrons. The van der Waals surface area contributed by atoms with Gasteiger partial charge in [0.15, 0.2) is 0 Å². The molecular weight excluding hydrogens is 224 g/mol. The molecule has 0 saturated heterocycles. The Bertz CT molecular complexity index is 403. The van der Waals surface area contributed by atoms with E-state index >= 15 is 0 Å². The van der Waals surface area contributed by atoms with E-state index in [1.807, 2.05) is 24.3 Å². The summed E-state index contributed by atoms with van der Waals surface area (Å²) in [4.78, 5) is 0. The molecule has 1 aliphatic carbocycles. The SMILES string of the molecule is CC(CNC1CC1)COc1ccc(CC#N)cc1. The predicted molar refractivity (Wildman–Crippen MR) is 71.4 cm³/mol. The average molecular weight is 244 g/mol. The van der Waals surface area contributed by atoms with Gasteiger partial charge in [0.2, 0.25) is 0 Å². The number of nitriles is 1. The number of benzene rings is 1. The van der Waals surface area contributed by atoms with Gasteiger partial charge in [-0.15, -0.1) is 0 Å². The lowest BCUT2D eigenvalue weighted by Crippen LogP contribution is -2.26. The number of hydrogen-bond donors (Lipinski definition) is 1. The van der Waals surface area contributed by atoms with Crippen molar-refractivity contribution in [2.45, 2.75) is 32.2 Å². The maximum absolute atomic E-state index is 8.59. The van der Waals surface area contributed by atoms with Crippen molar-refractivity contribution in [1.82, 2.24) is 5.32 Å². The largest absolute Gasteiger partial charge is 0.493 e. The van der Waals surface area contributed by atoms with Gasteiger partial charge in [0.05, 0.1) is 19.1 Å². The van der Waals surface area contributed by atoms with Crippen LogP contribution < -0.4 is 10.1 Å². The molecule has 1 aromatic rings. The highest BCUT2D eigenvalue weighted by Crippen LogP contribution is 2.19. The number of rotatable bonds is 7. The second-order valence-corrected chi connectivity index (χ2v) is 5.08. The van der Waals surface area contributed by atoms with Crippen LogP contribution in [0.25, 0.3) is 0 Å². The summed E-state index contributed by atoms with van der Waals surface area (Å²) in [6.07, 6.45) is 3.11. The molecule has 0 aliphatic heterocycles. The van der Waals surface area contributed by atoms with Gasteiger partial charge in [-0.1, -0.05) is 19.1 Å². The van der Waals surface area contributed by atoms with Crippen molar-refractivity contribution in [3.05, 3.63) is 29.8 Å². The number of nitrogens with one attached hydrogen (secondary N) is 1. The lowest BCUT2D eigenvalue weighted by atomic mass is 10.1. The summed E-state index contributed by atoms with van der Waals surface area (Å²) in [6.45, 7) is 3.95. The minimum atomic E-state index is 0.460. The van der Waals surface area contributed by atoms with Crippen molar-refractivity contribution in [3.63, 3.8) is 0 Å². The molecule has 3 nitrogen and oxygen atoms in total. The molecule has 1 fully saturated rings. The maximum Gasteiger partial charge on any atom is 0.119 e. The second kappa shape index (κ2) is 6.42. The summed E-state index contributed by atoms with van der Waals surface area (Å²) < 4.78 is 5.73. The van der Waals surface area contributed by atoms with Crippen molar-refractivity contribution < 1.29 is 4.74 Å². The van der Waals surface area contributed by atoms with Crippen LogP contribution in [0.5, 0.6) is 5.75 Å². The third kappa shape index (κ3) is 4.38. The van der Waals surface area contributed by atoms with Crippen LogP contribution in [0.3, 0.4) is 0 Å². The highest BCUT2D eigenvalue weighted by atomic mass is 16.5. The van der Waals surface area contributed by atoms with Gasteiger partial charge in [-0.2, -0.15) is 5.26 Å². The zero-order valence-corrected chi connectivity index (χ0v) is 10.9. The minimum Gasteiger partial charge on any atom is -0.493 e. The van der Waals surface area contributed by atoms with Crippen molar-refractivity contribution in [2.24, 2.45) is 5.92 Å². The van der Waals surface area contributed by atoms with Crippen LogP contribution in [-0.4, -0.2) is 19.2 Å². The molecule has 96 valence electrons. The van der Waals surface area contributed by atoms with Crippen LogP contribution in [0, 0.1) is 17.2 Å². The molecule has 0 heterocycles. The smallest absolute Gasteiger partial charge is 0.119 e. The van der Waals surface area contributed by atoms with Gasteiger partial charge in [0, 0.05) is 18.5 Å². The molecule has 1 aromatic carbocycles. The van der Waals surface area contributed by atoms with E-state index in [1.54, 1.807) is 0 Å². The highest BCUT2D eigenvalue weighted by molar-refractivity contribution is 5.28. The van der Waals surface area contributed by atoms with Crippen LogP contribution in [0.15, 0.2) is 24.3 Å². The summed E-state index contributed by atoms with van der Waals surface area (Å²) in [5.74, 6) is 1.40. The van der Waals surface area contributed by atoms with E-state index in [-0.39, 0.29) is 0 Å². The Kier molecular flexibility index (Phi) is 4.60. The molecule has 0 aromatic heterocycles. The fourth-order valence-corrected chi connectivity index (χ4v) is 1.75. The molecule has 3 heteroatoms. The Morgan fingerprint density at radius 1 is 1.39 bits per heavy atom. The Hall–Kier alpha value is -1.53. The molecule has 1 atom stereocenters. The molecule has 1 N–H and O–H groups in total. The Balaban J connectivity index is 1.69. The first-order valence-corrected chi connectivity index (χ1v) is 6.60. The van der Waals surface area contributed by atoms with E-state index in [0.29, 0.717) is 12.3 Å². The van der Waals surface area contributed by atoms with Gasteiger partial charge < -0.3 is 10.1 Å². The van der Waals surface area contributed by atoms with Crippen LogP contribution in [0.1, 0.15) is 25.3 Å². The van der Waals surface area contributed by atoms with Gasteiger partial charge in [-0.25, -0.2) is 0 Å².